The number of carbonyl (C=O) groups is 2. The van der Waals surface area contributed by atoms with Gasteiger partial charge < -0.3 is 15.5 Å². The number of urea groups is 1. The summed E-state index contributed by atoms with van der Waals surface area (Å²) in [6.07, 6.45) is 5.10. The summed E-state index contributed by atoms with van der Waals surface area (Å²) >= 11 is 3.43. The van der Waals surface area contributed by atoms with Gasteiger partial charge in [0.2, 0.25) is 5.91 Å². The number of rotatable bonds is 8. The molecule has 2 unspecified atom stereocenters. The van der Waals surface area contributed by atoms with Gasteiger partial charge in [0.25, 0.3) is 0 Å². The average molecular weight is 513 g/mol. The fourth-order valence-corrected chi connectivity index (χ4v) is 4.18. The van der Waals surface area contributed by atoms with Crippen LogP contribution in [-0.4, -0.2) is 60.5 Å². The van der Waals surface area contributed by atoms with Crippen molar-refractivity contribution in [2.45, 2.75) is 26.3 Å². The first-order valence-electron chi connectivity index (χ1n) is 11.5. The lowest BCUT2D eigenvalue weighted by Crippen LogP contribution is -2.57. The van der Waals surface area contributed by atoms with Crippen LogP contribution in [0.3, 0.4) is 0 Å². The maximum Gasteiger partial charge on any atom is 0.319 e. The topological polar surface area (TPSA) is 64.7 Å². The molecule has 7 heteroatoms. The van der Waals surface area contributed by atoms with Gasteiger partial charge in [-0.3, -0.25) is 9.69 Å². The van der Waals surface area contributed by atoms with Crippen LogP contribution < -0.4 is 10.6 Å². The second-order valence-electron chi connectivity index (χ2n) is 8.38. The van der Waals surface area contributed by atoms with Crippen molar-refractivity contribution in [2.24, 2.45) is 5.92 Å². The second kappa shape index (κ2) is 12.6. The number of anilines is 1. The highest BCUT2D eigenvalue weighted by atomic mass is 79.9. The van der Waals surface area contributed by atoms with Crippen LogP contribution in [0.2, 0.25) is 0 Å². The number of hydrogen-bond acceptors (Lipinski definition) is 3. The summed E-state index contributed by atoms with van der Waals surface area (Å²) in [4.78, 5) is 30.2. The minimum absolute atomic E-state index is 0.00824. The molecule has 1 saturated heterocycles. The maximum atomic E-state index is 13.3. The van der Waals surface area contributed by atoms with Crippen molar-refractivity contribution in [3.63, 3.8) is 0 Å². The summed E-state index contributed by atoms with van der Waals surface area (Å²) in [5.74, 6) is 0.0282. The van der Waals surface area contributed by atoms with Gasteiger partial charge >= 0.3 is 6.03 Å². The Balaban J connectivity index is 1.52. The predicted molar refractivity (Wildman–Crippen MR) is 138 cm³/mol. The first-order valence-corrected chi connectivity index (χ1v) is 12.3. The van der Waals surface area contributed by atoms with E-state index in [4.69, 9.17) is 0 Å². The normalized spacial score (nSPS) is 16.4. The Bertz CT molecular complexity index is 942. The number of hydrogen-bond donors (Lipinski definition) is 2. The highest BCUT2D eigenvalue weighted by Gasteiger charge is 2.31. The zero-order valence-electron chi connectivity index (χ0n) is 19.3. The van der Waals surface area contributed by atoms with E-state index < -0.39 is 6.04 Å². The van der Waals surface area contributed by atoms with Crippen LogP contribution in [0.4, 0.5) is 10.5 Å². The first-order chi connectivity index (χ1) is 16.0. The van der Waals surface area contributed by atoms with E-state index in [1.165, 1.54) is 5.56 Å². The van der Waals surface area contributed by atoms with Crippen molar-refractivity contribution in [3.8, 4) is 0 Å². The molecule has 2 N–H and O–H groups in total. The lowest BCUT2D eigenvalue weighted by Gasteiger charge is -2.37. The first kappa shape index (κ1) is 25.0. The molecule has 1 fully saturated rings. The van der Waals surface area contributed by atoms with Crippen LogP contribution in [-0.2, 0) is 4.79 Å². The Hall–Kier alpha value is -2.64. The van der Waals surface area contributed by atoms with Crippen LogP contribution in [0.25, 0.3) is 6.08 Å². The number of para-hydroxylation sites is 1. The average Bonchev–Trinajstić information content (AvgIpc) is 2.84. The van der Waals surface area contributed by atoms with Crippen molar-refractivity contribution < 1.29 is 9.59 Å². The molecule has 0 bridgehead atoms. The number of nitrogens with zero attached hydrogens (tertiary/aromatic N) is 2. The molecule has 3 rings (SSSR count). The summed E-state index contributed by atoms with van der Waals surface area (Å²) in [7, 11) is 0. The van der Waals surface area contributed by atoms with Crippen LogP contribution in [0.15, 0.2) is 65.1 Å². The number of nitrogens with one attached hydrogen (secondary N) is 2. The summed E-state index contributed by atoms with van der Waals surface area (Å²) in [5, 5.41) is 5.75. The van der Waals surface area contributed by atoms with Crippen molar-refractivity contribution in [3.05, 3.63) is 70.7 Å². The second-order valence-corrected chi connectivity index (χ2v) is 9.23. The smallest absolute Gasteiger partial charge is 0.319 e. The molecule has 33 heavy (non-hydrogen) atoms. The van der Waals surface area contributed by atoms with Gasteiger partial charge in [-0.15, -0.1) is 0 Å². The van der Waals surface area contributed by atoms with Gasteiger partial charge in [0.1, 0.15) is 6.04 Å². The minimum Gasteiger partial charge on any atom is -0.338 e. The highest BCUT2D eigenvalue weighted by molar-refractivity contribution is 9.10. The van der Waals surface area contributed by atoms with Crippen molar-refractivity contribution in [1.29, 1.82) is 0 Å². The van der Waals surface area contributed by atoms with E-state index in [1.807, 2.05) is 61.2 Å². The molecule has 0 aliphatic carbocycles. The third-order valence-corrected chi connectivity index (χ3v) is 6.74. The molecule has 3 amide bonds. The third-order valence-electron chi connectivity index (χ3n) is 6.05. The molecule has 0 saturated carbocycles. The Morgan fingerprint density at radius 2 is 1.70 bits per heavy atom. The molecule has 0 aromatic heterocycles. The summed E-state index contributed by atoms with van der Waals surface area (Å²) in [6.45, 7) is 7.87. The van der Waals surface area contributed by atoms with Crippen molar-refractivity contribution in [1.82, 2.24) is 15.1 Å². The molecular formula is C26H33BrN4O2. The maximum absolute atomic E-state index is 13.3. The van der Waals surface area contributed by atoms with Crippen LogP contribution in [0, 0.1) is 5.92 Å². The predicted octanol–water partition coefficient (Wildman–Crippen LogP) is 4.84. The van der Waals surface area contributed by atoms with Gasteiger partial charge in [0, 0.05) is 37.2 Å². The molecule has 1 aliphatic heterocycles. The molecule has 1 heterocycles. The molecule has 176 valence electrons. The number of amides is 3. The molecule has 0 radical (unpaired) electrons. The largest absolute Gasteiger partial charge is 0.338 e. The lowest BCUT2D eigenvalue weighted by molar-refractivity contribution is -0.136. The van der Waals surface area contributed by atoms with E-state index in [0.717, 1.165) is 30.5 Å². The number of carbonyl (C=O) groups excluding carboxylic acids is 2. The van der Waals surface area contributed by atoms with E-state index in [2.05, 4.69) is 55.7 Å². The Morgan fingerprint density at radius 3 is 2.36 bits per heavy atom. The SMILES string of the molecule is CCC(C)C(NC(=O)Nc1ccccc1Br)C(=O)N1CCN(C/C=C/c2ccccc2)CC1. The van der Waals surface area contributed by atoms with E-state index in [-0.39, 0.29) is 17.9 Å². The molecule has 6 nitrogen and oxygen atoms in total. The number of piperazine rings is 1. The number of benzene rings is 2. The minimum atomic E-state index is -0.554. The highest BCUT2D eigenvalue weighted by Crippen LogP contribution is 2.21. The summed E-state index contributed by atoms with van der Waals surface area (Å²) < 4.78 is 0.795. The van der Waals surface area contributed by atoms with Gasteiger partial charge in [-0.1, -0.05) is 74.9 Å². The van der Waals surface area contributed by atoms with Crippen LogP contribution in [0.1, 0.15) is 25.8 Å². The molecule has 2 aromatic rings. The monoisotopic (exact) mass is 512 g/mol. The zero-order chi connectivity index (χ0) is 23.6. The Morgan fingerprint density at radius 1 is 1.03 bits per heavy atom. The Kier molecular flexibility index (Phi) is 9.51. The van der Waals surface area contributed by atoms with Gasteiger partial charge in [0.05, 0.1) is 5.69 Å². The van der Waals surface area contributed by atoms with Gasteiger partial charge in [-0.25, -0.2) is 4.79 Å². The van der Waals surface area contributed by atoms with Crippen LogP contribution >= 0.6 is 15.9 Å². The van der Waals surface area contributed by atoms with Crippen LogP contribution in [0.5, 0.6) is 0 Å². The zero-order valence-corrected chi connectivity index (χ0v) is 20.9. The summed E-state index contributed by atoms with van der Waals surface area (Å²) in [6, 6.07) is 16.7. The summed E-state index contributed by atoms with van der Waals surface area (Å²) in [5.41, 5.74) is 1.86. The van der Waals surface area contributed by atoms with E-state index in [0.29, 0.717) is 18.8 Å². The van der Waals surface area contributed by atoms with Gasteiger partial charge in [0.15, 0.2) is 0 Å². The fourth-order valence-electron chi connectivity index (χ4n) is 3.79. The van der Waals surface area contributed by atoms with Crippen molar-refractivity contribution >= 4 is 39.6 Å². The molecule has 0 spiro atoms. The quantitative estimate of drug-likeness (QED) is 0.531. The third kappa shape index (κ3) is 7.44. The number of halogens is 1. The molecule has 2 atom stereocenters. The van der Waals surface area contributed by atoms with Crippen molar-refractivity contribution in [2.75, 3.05) is 38.0 Å². The standard InChI is InChI=1S/C26H33BrN4O2/c1-3-20(2)24(29-26(33)28-23-14-8-7-13-22(23)27)25(32)31-18-16-30(17-19-31)15-9-12-21-10-5-4-6-11-21/h4-14,20,24H,3,15-19H2,1-2H3,(H2,28,29,33)/b12-9+. The van der Waals surface area contributed by atoms with E-state index in [9.17, 15) is 9.59 Å². The lowest BCUT2D eigenvalue weighted by atomic mass is 9.97. The molecule has 2 aromatic carbocycles. The van der Waals surface area contributed by atoms with Gasteiger partial charge in [-0.2, -0.15) is 0 Å². The van der Waals surface area contributed by atoms with E-state index >= 15 is 0 Å². The molecule has 1 aliphatic rings. The molecular weight excluding hydrogens is 480 g/mol. The van der Waals surface area contributed by atoms with E-state index in [1.54, 1.807) is 0 Å². The fraction of sp³-hybridized carbons (Fsp3) is 0.385. The Labute approximate surface area is 205 Å². The van der Waals surface area contributed by atoms with Gasteiger partial charge in [-0.05, 0) is 39.5 Å².